The number of pyridine rings is 1. The summed E-state index contributed by atoms with van der Waals surface area (Å²) in [4.78, 5) is 22.5. The van der Waals surface area contributed by atoms with Crippen molar-refractivity contribution in [3.05, 3.63) is 34.2 Å². The standard InChI is InChI=1S/C11H14N2O5S/c14-10-9(11(15)16)2-1-5-13(10)6-7-19(17,18)12-8-3-4-8/h1-2,5,8,12H,3-4,6-7H2,(H,15,16). The fraction of sp³-hybridized carbons (Fsp3) is 0.455. The maximum absolute atomic E-state index is 11.7. The van der Waals surface area contributed by atoms with E-state index in [0.717, 1.165) is 17.4 Å². The van der Waals surface area contributed by atoms with Crippen molar-refractivity contribution in [2.75, 3.05) is 5.75 Å². The molecule has 1 heterocycles. The second-order valence-electron chi connectivity index (χ2n) is 4.44. The third-order valence-corrected chi connectivity index (χ3v) is 4.19. The first-order chi connectivity index (χ1) is 8.89. The van der Waals surface area contributed by atoms with E-state index in [0.29, 0.717) is 0 Å². The molecule has 1 aliphatic rings. The van der Waals surface area contributed by atoms with Gasteiger partial charge in [0.1, 0.15) is 5.56 Å². The quantitative estimate of drug-likeness (QED) is 0.742. The van der Waals surface area contributed by atoms with Gasteiger partial charge in [-0.2, -0.15) is 0 Å². The first-order valence-corrected chi connectivity index (χ1v) is 7.47. The molecule has 1 fully saturated rings. The fourth-order valence-electron chi connectivity index (χ4n) is 1.61. The van der Waals surface area contributed by atoms with E-state index in [-0.39, 0.29) is 23.9 Å². The molecule has 0 spiro atoms. The zero-order valence-corrected chi connectivity index (χ0v) is 10.9. The molecule has 19 heavy (non-hydrogen) atoms. The Bertz CT molecular complexity index is 645. The number of aryl methyl sites for hydroxylation is 1. The normalized spacial score (nSPS) is 15.4. The number of nitrogens with one attached hydrogen (secondary N) is 1. The Labute approximate surface area is 109 Å². The molecule has 1 aromatic rings. The first-order valence-electron chi connectivity index (χ1n) is 5.82. The maximum Gasteiger partial charge on any atom is 0.341 e. The molecule has 7 nitrogen and oxygen atoms in total. The molecule has 0 radical (unpaired) electrons. The SMILES string of the molecule is O=C(O)c1cccn(CCS(=O)(=O)NC2CC2)c1=O. The van der Waals surface area contributed by atoms with Crippen molar-refractivity contribution < 1.29 is 18.3 Å². The molecule has 0 aliphatic heterocycles. The van der Waals surface area contributed by atoms with Gasteiger partial charge in [0.15, 0.2) is 0 Å². The minimum absolute atomic E-state index is 0.0204. The molecule has 104 valence electrons. The number of aromatic carboxylic acids is 1. The predicted molar refractivity (Wildman–Crippen MR) is 67.6 cm³/mol. The third kappa shape index (κ3) is 3.65. The van der Waals surface area contributed by atoms with E-state index in [9.17, 15) is 18.0 Å². The van der Waals surface area contributed by atoms with Gasteiger partial charge in [0.05, 0.1) is 5.75 Å². The summed E-state index contributed by atoms with van der Waals surface area (Å²) in [5.41, 5.74) is -1.06. The van der Waals surface area contributed by atoms with Crippen molar-refractivity contribution in [3.8, 4) is 0 Å². The summed E-state index contributed by atoms with van der Waals surface area (Å²) in [5, 5.41) is 8.80. The van der Waals surface area contributed by atoms with Gasteiger partial charge in [-0.05, 0) is 25.0 Å². The summed E-state index contributed by atoms with van der Waals surface area (Å²) >= 11 is 0. The Morgan fingerprint density at radius 1 is 1.47 bits per heavy atom. The van der Waals surface area contributed by atoms with Gasteiger partial charge in [-0.25, -0.2) is 17.9 Å². The minimum atomic E-state index is -3.42. The van der Waals surface area contributed by atoms with Crippen molar-refractivity contribution in [3.63, 3.8) is 0 Å². The molecule has 2 rings (SSSR count). The van der Waals surface area contributed by atoms with Gasteiger partial charge in [-0.15, -0.1) is 0 Å². The molecule has 1 aromatic heterocycles. The van der Waals surface area contributed by atoms with E-state index in [1.54, 1.807) is 0 Å². The second kappa shape index (κ2) is 5.14. The van der Waals surface area contributed by atoms with Crippen molar-refractivity contribution in [2.45, 2.75) is 25.4 Å². The summed E-state index contributed by atoms with van der Waals surface area (Å²) in [6.45, 7) is -0.0675. The number of sulfonamides is 1. The van der Waals surface area contributed by atoms with Crippen LogP contribution in [0.15, 0.2) is 23.1 Å². The number of hydrogen-bond donors (Lipinski definition) is 2. The molecule has 0 atom stereocenters. The van der Waals surface area contributed by atoms with Crippen molar-refractivity contribution >= 4 is 16.0 Å². The molecule has 0 amide bonds. The highest BCUT2D eigenvalue weighted by molar-refractivity contribution is 7.89. The molecular formula is C11H14N2O5S. The topological polar surface area (TPSA) is 105 Å². The van der Waals surface area contributed by atoms with Crippen LogP contribution in [0.5, 0.6) is 0 Å². The number of carboxylic acids is 1. The largest absolute Gasteiger partial charge is 0.477 e. The van der Waals surface area contributed by atoms with Gasteiger partial charge in [0, 0.05) is 18.8 Å². The predicted octanol–water partition coefficient (Wildman–Crippen LogP) is -0.372. The number of carboxylic acid groups (broad SMARTS) is 1. The summed E-state index contributed by atoms with van der Waals surface area (Å²) in [6, 6.07) is 2.62. The average molecular weight is 286 g/mol. The zero-order valence-electron chi connectivity index (χ0n) is 10.1. The van der Waals surface area contributed by atoms with Gasteiger partial charge in [0.2, 0.25) is 10.0 Å². The lowest BCUT2D eigenvalue weighted by atomic mass is 10.3. The molecular weight excluding hydrogens is 272 g/mol. The first kappa shape index (κ1) is 13.8. The van der Waals surface area contributed by atoms with E-state index in [1.165, 1.54) is 18.3 Å². The maximum atomic E-state index is 11.7. The Morgan fingerprint density at radius 3 is 2.74 bits per heavy atom. The van der Waals surface area contributed by atoms with Crippen LogP contribution in [0.2, 0.25) is 0 Å². The van der Waals surface area contributed by atoms with Crippen LogP contribution in [0.4, 0.5) is 0 Å². The van der Waals surface area contributed by atoms with Crippen molar-refractivity contribution in [2.24, 2.45) is 0 Å². The van der Waals surface area contributed by atoms with E-state index in [4.69, 9.17) is 5.11 Å². The van der Waals surface area contributed by atoms with Crippen LogP contribution in [0, 0.1) is 0 Å². The molecule has 0 saturated heterocycles. The number of rotatable bonds is 6. The van der Waals surface area contributed by atoms with E-state index in [2.05, 4.69) is 4.72 Å². The van der Waals surface area contributed by atoms with Crippen molar-refractivity contribution in [1.82, 2.24) is 9.29 Å². The summed E-state index contributed by atoms with van der Waals surface area (Å²) in [5.74, 6) is -1.56. The molecule has 1 aliphatic carbocycles. The van der Waals surface area contributed by atoms with Gasteiger partial charge < -0.3 is 9.67 Å². The van der Waals surface area contributed by atoms with Crippen LogP contribution in [0.25, 0.3) is 0 Å². The monoisotopic (exact) mass is 286 g/mol. The third-order valence-electron chi connectivity index (χ3n) is 2.78. The highest BCUT2D eigenvalue weighted by Crippen LogP contribution is 2.19. The Morgan fingerprint density at radius 2 is 2.16 bits per heavy atom. The molecule has 1 saturated carbocycles. The van der Waals surface area contributed by atoms with Crippen LogP contribution in [0.3, 0.4) is 0 Å². The molecule has 8 heteroatoms. The molecule has 0 unspecified atom stereocenters. The van der Waals surface area contributed by atoms with Gasteiger partial charge in [-0.1, -0.05) is 0 Å². The lowest BCUT2D eigenvalue weighted by Crippen LogP contribution is -2.33. The lowest BCUT2D eigenvalue weighted by molar-refractivity contribution is 0.0694. The lowest BCUT2D eigenvalue weighted by Gasteiger charge is -2.08. The zero-order chi connectivity index (χ0) is 14.0. The van der Waals surface area contributed by atoms with Crippen LogP contribution in [-0.2, 0) is 16.6 Å². The molecule has 0 aromatic carbocycles. The summed E-state index contributed by atoms with van der Waals surface area (Å²) in [7, 11) is -3.42. The second-order valence-corrected chi connectivity index (χ2v) is 6.31. The highest BCUT2D eigenvalue weighted by Gasteiger charge is 2.26. The van der Waals surface area contributed by atoms with Crippen LogP contribution in [0.1, 0.15) is 23.2 Å². The molecule has 0 bridgehead atoms. The number of aromatic nitrogens is 1. The van der Waals surface area contributed by atoms with Crippen LogP contribution >= 0.6 is 0 Å². The number of carbonyl (C=O) groups is 1. The average Bonchev–Trinajstić information content (AvgIpc) is 3.10. The minimum Gasteiger partial charge on any atom is -0.477 e. The summed E-state index contributed by atoms with van der Waals surface area (Å²) < 4.78 is 26.9. The highest BCUT2D eigenvalue weighted by atomic mass is 32.2. The van der Waals surface area contributed by atoms with Crippen molar-refractivity contribution in [1.29, 1.82) is 0 Å². The van der Waals surface area contributed by atoms with Crippen LogP contribution in [-0.4, -0.2) is 35.9 Å². The fourth-order valence-corrected chi connectivity index (χ4v) is 2.91. The van der Waals surface area contributed by atoms with Gasteiger partial charge in [0.25, 0.3) is 5.56 Å². The Balaban J connectivity index is 2.09. The number of hydrogen-bond acceptors (Lipinski definition) is 4. The smallest absolute Gasteiger partial charge is 0.341 e. The summed E-state index contributed by atoms with van der Waals surface area (Å²) in [6.07, 6.45) is 3.06. The van der Waals surface area contributed by atoms with E-state index < -0.39 is 21.6 Å². The van der Waals surface area contributed by atoms with E-state index >= 15 is 0 Å². The molecule has 2 N–H and O–H groups in total. The van der Waals surface area contributed by atoms with Crippen LogP contribution < -0.4 is 10.3 Å². The Kier molecular flexibility index (Phi) is 3.72. The van der Waals surface area contributed by atoms with Gasteiger partial charge >= 0.3 is 5.97 Å². The Hall–Kier alpha value is -1.67. The van der Waals surface area contributed by atoms with E-state index in [1.807, 2.05) is 0 Å². The number of nitrogens with zero attached hydrogens (tertiary/aromatic N) is 1. The van der Waals surface area contributed by atoms with Gasteiger partial charge in [-0.3, -0.25) is 4.79 Å².